The minimum absolute atomic E-state index is 0.159. The molecule has 2 aromatic rings. The van der Waals surface area contributed by atoms with Gasteiger partial charge >= 0.3 is 0 Å². The van der Waals surface area contributed by atoms with Gasteiger partial charge in [0.25, 0.3) is 0 Å². The third kappa shape index (κ3) is 2.45. The van der Waals surface area contributed by atoms with Crippen LogP contribution in [0, 0.1) is 12.7 Å². The second-order valence-corrected chi connectivity index (χ2v) is 5.47. The van der Waals surface area contributed by atoms with Gasteiger partial charge in [-0.2, -0.15) is 0 Å². The number of fused-ring (bicyclic) bond motifs is 1. The Morgan fingerprint density at radius 3 is 2.89 bits per heavy atom. The molecule has 0 spiro atoms. The number of hydrogen-bond donors (Lipinski definition) is 1. The molecule has 0 bridgehead atoms. The molecule has 1 N–H and O–H groups in total. The van der Waals surface area contributed by atoms with Gasteiger partial charge in [-0.1, -0.05) is 23.7 Å². The topological polar surface area (TPSA) is 12.0 Å². The van der Waals surface area contributed by atoms with E-state index in [1.54, 1.807) is 6.07 Å². The molecule has 3 rings (SSSR count). The zero-order chi connectivity index (χ0) is 13.4. The lowest BCUT2D eigenvalue weighted by Crippen LogP contribution is -2.07. The molecule has 0 aliphatic heterocycles. The number of anilines is 1. The molecule has 0 saturated carbocycles. The van der Waals surface area contributed by atoms with E-state index in [4.69, 9.17) is 11.6 Å². The highest BCUT2D eigenvalue weighted by Gasteiger charge is 2.23. The van der Waals surface area contributed by atoms with Crippen molar-refractivity contribution >= 4 is 17.3 Å². The highest BCUT2D eigenvalue weighted by molar-refractivity contribution is 6.33. The predicted octanol–water partition coefficient (Wildman–Crippen LogP) is 4.89. The van der Waals surface area contributed by atoms with Gasteiger partial charge in [0.1, 0.15) is 5.82 Å². The molecule has 98 valence electrons. The first kappa shape index (κ1) is 12.5. The molecule has 1 atom stereocenters. The van der Waals surface area contributed by atoms with E-state index in [0.29, 0.717) is 0 Å². The maximum Gasteiger partial charge on any atom is 0.123 e. The molecular weight excluding hydrogens is 261 g/mol. The lowest BCUT2D eigenvalue weighted by molar-refractivity contribution is 0.626. The minimum Gasteiger partial charge on any atom is -0.377 e. The molecule has 2 aromatic carbocycles. The third-order valence-corrected chi connectivity index (χ3v) is 3.96. The summed E-state index contributed by atoms with van der Waals surface area (Å²) in [7, 11) is 0. The molecule has 0 radical (unpaired) electrons. The van der Waals surface area contributed by atoms with Gasteiger partial charge in [0.05, 0.1) is 16.8 Å². The fraction of sp³-hybridized carbons (Fsp3) is 0.250. The molecule has 0 saturated heterocycles. The van der Waals surface area contributed by atoms with E-state index < -0.39 is 0 Å². The van der Waals surface area contributed by atoms with Crippen molar-refractivity contribution in [2.45, 2.75) is 25.8 Å². The van der Waals surface area contributed by atoms with Crippen LogP contribution in [0.4, 0.5) is 10.1 Å². The highest BCUT2D eigenvalue weighted by atomic mass is 35.5. The fourth-order valence-corrected chi connectivity index (χ4v) is 2.85. The van der Waals surface area contributed by atoms with E-state index in [-0.39, 0.29) is 11.9 Å². The predicted molar refractivity (Wildman–Crippen MR) is 77.3 cm³/mol. The van der Waals surface area contributed by atoms with Crippen LogP contribution in [0.3, 0.4) is 0 Å². The number of hydrogen-bond acceptors (Lipinski definition) is 1. The van der Waals surface area contributed by atoms with E-state index in [1.165, 1.54) is 17.2 Å². The first-order valence-electron chi connectivity index (χ1n) is 6.44. The van der Waals surface area contributed by atoms with Crippen LogP contribution in [0.25, 0.3) is 0 Å². The van der Waals surface area contributed by atoms with Crippen molar-refractivity contribution in [2.24, 2.45) is 0 Å². The van der Waals surface area contributed by atoms with Crippen molar-refractivity contribution in [1.29, 1.82) is 0 Å². The molecule has 0 aromatic heterocycles. The minimum atomic E-state index is -0.159. The van der Waals surface area contributed by atoms with E-state index >= 15 is 0 Å². The van der Waals surface area contributed by atoms with Crippen molar-refractivity contribution in [1.82, 2.24) is 0 Å². The standard InChI is InChI=1S/C16H15ClFN/c1-10-2-6-14(17)16(8-10)19-15-7-3-11-9-12(18)4-5-13(11)15/h2,4-6,8-9,15,19H,3,7H2,1H3. The molecule has 0 heterocycles. The summed E-state index contributed by atoms with van der Waals surface area (Å²) < 4.78 is 13.2. The van der Waals surface area contributed by atoms with E-state index in [9.17, 15) is 4.39 Å². The smallest absolute Gasteiger partial charge is 0.123 e. The molecule has 0 amide bonds. The first-order chi connectivity index (χ1) is 9.13. The van der Waals surface area contributed by atoms with Gasteiger partial charge < -0.3 is 5.32 Å². The van der Waals surface area contributed by atoms with Crippen LogP contribution in [0.15, 0.2) is 36.4 Å². The number of nitrogens with one attached hydrogen (secondary N) is 1. The Morgan fingerprint density at radius 2 is 2.05 bits per heavy atom. The van der Waals surface area contributed by atoms with Crippen molar-refractivity contribution < 1.29 is 4.39 Å². The van der Waals surface area contributed by atoms with Gasteiger partial charge in [0.15, 0.2) is 0 Å². The summed E-state index contributed by atoms with van der Waals surface area (Å²) in [5.74, 6) is -0.159. The van der Waals surface area contributed by atoms with Gasteiger partial charge in [0.2, 0.25) is 0 Å². The largest absolute Gasteiger partial charge is 0.377 e. The monoisotopic (exact) mass is 275 g/mol. The van der Waals surface area contributed by atoms with Crippen molar-refractivity contribution in [2.75, 3.05) is 5.32 Å². The zero-order valence-electron chi connectivity index (χ0n) is 10.7. The van der Waals surface area contributed by atoms with E-state index in [0.717, 1.165) is 29.1 Å². The average molecular weight is 276 g/mol. The summed E-state index contributed by atoms with van der Waals surface area (Å²) in [5.41, 5.74) is 4.40. The van der Waals surface area contributed by atoms with Crippen LogP contribution in [0.2, 0.25) is 5.02 Å². The van der Waals surface area contributed by atoms with Crippen molar-refractivity contribution in [3.63, 3.8) is 0 Å². The Hall–Kier alpha value is -1.54. The van der Waals surface area contributed by atoms with Gasteiger partial charge in [-0.15, -0.1) is 0 Å². The van der Waals surface area contributed by atoms with Crippen molar-refractivity contribution in [3.05, 3.63) is 63.9 Å². The quantitative estimate of drug-likeness (QED) is 0.823. The summed E-state index contributed by atoms with van der Waals surface area (Å²) in [6.07, 6.45) is 1.89. The molecule has 0 fully saturated rings. The van der Waals surface area contributed by atoms with Crippen LogP contribution in [-0.2, 0) is 6.42 Å². The zero-order valence-corrected chi connectivity index (χ0v) is 11.5. The molecule has 1 unspecified atom stereocenters. The normalized spacial score (nSPS) is 17.3. The molecular formula is C16H15ClFN. The summed E-state index contributed by atoms with van der Waals surface area (Å²) in [5, 5.41) is 4.19. The third-order valence-electron chi connectivity index (χ3n) is 3.63. The average Bonchev–Trinajstić information content (AvgIpc) is 2.76. The van der Waals surface area contributed by atoms with E-state index in [1.807, 2.05) is 31.2 Å². The number of benzene rings is 2. The van der Waals surface area contributed by atoms with Gasteiger partial charge in [0, 0.05) is 0 Å². The number of aryl methyl sites for hydroxylation is 2. The molecule has 19 heavy (non-hydrogen) atoms. The SMILES string of the molecule is Cc1ccc(Cl)c(NC2CCc3cc(F)ccc32)c1. The summed E-state index contributed by atoms with van der Waals surface area (Å²) in [6, 6.07) is 11.2. The van der Waals surface area contributed by atoms with E-state index in [2.05, 4.69) is 5.32 Å². The molecule has 1 aliphatic rings. The van der Waals surface area contributed by atoms with Crippen LogP contribution >= 0.6 is 11.6 Å². The second-order valence-electron chi connectivity index (χ2n) is 5.06. The van der Waals surface area contributed by atoms with Crippen LogP contribution in [0.5, 0.6) is 0 Å². The van der Waals surface area contributed by atoms with Gasteiger partial charge in [-0.3, -0.25) is 0 Å². The highest BCUT2D eigenvalue weighted by Crippen LogP contribution is 2.36. The van der Waals surface area contributed by atoms with Crippen LogP contribution in [-0.4, -0.2) is 0 Å². The maximum atomic E-state index is 13.2. The maximum absolute atomic E-state index is 13.2. The van der Waals surface area contributed by atoms with Gasteiger partial charge in [-0.25, -0.2) is 4.39 Å². The Morgan fingerprint density at radius 1 is 1.21 bits per heavy atom. The lowest BCUT2D eigenvalue weighted by Gasteiger charge is -2.17. The first-order valence-corrected chi connectivity index (χ1v) is 6.82. The molecule has 1 nitrogen and oxygen atoms in total. The Kier molecular flexibility index (Phi) is 3.19. The van der Waals surface area contributed by atoms with Crippen LogP contribution < -0.4 is 5.32 Å². The fourth-order valence-electron chi connectivity index (χ4n) is 2.67. The molecule has 3 heteroatoms. The summed E-state index contributed by atoms with van der Waals surface area (Å²) in [6.45, 7) is 2.04. The Labute approximate surface area is 117 Å². The second kappa shape index (κ2) is 4.86. The van der Waals surface area contributed by atoms with Crippen LogP contribution in [0.1, 0.15) is 29.2 Å². The summed E-state index contributed by atoms with van der Waals surface area (Å²) in [4.78, 5) is 0. The Bertz CT molecular complexity index is 624. The number of halogens is 2. The number of rotatable bonds is 2. The summed E-state index contributed by atoms with van der Waals surface area (Å²) >= 11 is 6.20. The lowest BCUT2D eigenvalue weighted by atomic mass is 10.1. The van der Waals surface area contributed by atoms with Gasteiger partial charge in [-0.05, 0) is 60.7 Å². The molecule has 1 aliphatic carbocycles. The van der Waals surface area contributed by atoms with Crippen molar-refractivity contribution in [3.8, 4) is 0 Å². The Balaban J connectivity index is 1.88.